The Morgan fingerprint density at radius 1 is 1.08 bits per heavy atom. The summed E-state index contributed by atoms with van der Waals surface area (Å²) in [4.78, 5) is 45.9. The van der Waals surface area contributed by atoms with Crippen molar-refractivity contribution in [3.8, 4) is 0 Å². The van der Waals surface area contributed by atoms with Crippen molar-refractivity contribution in [3.63, 3.8) is 0 Å². The second-order valence-corrected chi connectivity index (χ2v) is 13.4. The number of thioether (sulfide) groups is 1. The first kappa shape index (κ1) is 26.0. The van der Waals surface area contributed by atoms with Crippen molar-refractivity contribution in [2.24, 2.45) is 11.8 Å². The summed E-state index contributed by atoms with van der Waals surface area (Å²) in [5.41, 5.74) is 0.272. The number of hydrogen-bond acceptors (Lipinski definition) is 6. The Morgan fingerprint density at radius 2 is 1.81 bits per heavy atom. The molecule has 2 fully saturated rings. The van der Waals surface area contributed by atoms with Gasteiger partial charge in [-0.25, -0.2) is 0 Å². The molecule has 198 valence electrons. The van der Waals surface area contributed by atoms with Gasteiger partial charge in [0.15, 0.2) is 0 Å². The number of amides is 2. The zero-order valence-corrected chi connectivity index (χ0v) is 22.7. The highest BCUT2D eigenvalue weighted by molar-refractivity contribution is 8.02. The molecule has 4 aliphatic heterocycles. The van der Waals surface area contributed by atoms with E-state index in [-0.39, 0.29) is 18.4 Å². The Balaban J connectivity index is 1.72. The van der Waals surface area contributed by atoms with Gasteiger partial charge in [0.25, 0.3) is 0 Å². The summed E-state index contributed by atoms with van der Waals surface area (Å²) in [6.45, 7) is 8.31. The van der Waals surface area contributed by atoms with Gasteiger partial charge in [0, 0.05) is 16.8 Å². The smallest absolute Gasteiger partial charge is 0.311 e. The van der Waals surface area contributed by atoms with E-state index in [1.165, 1.54) is 11.8 Å². The number of likely N-dealkylation sites (tertiary alicyclic amines) is 1. The van der Waals surface area contributed by atoms with E-state index in [0.29, 0.717) is 13.2 Å². The summed E-state index contributed by atoms with van der Waals surface area (Å²) in [5, 5.41) is 10.6. The maximum Gasteiger partial charge on any atom is 0.311 e. The second kappa shape index (κ2) is 9.31. The molecule has 5 rings (SSSR count). The maximum absolute atomic E-state index is 14.5. The predicted molar refractivity (Wildman–Crippen MR) is 143 cm³/mol. The van der Waals surface area contributed by atoms with Gasteiger partial charge < -0.3 is 19.6 Å². The standard InChI is InChI=1S/C29H36N2O5S/c1-27(2,3)30-16-11-15-29-21(22-26(35)36-17-10-6-9-14-28(22,4)37-29)24(33)31(23(29)25(30)34)20(18-32)19-12-7-5-8-13-19/h5,7-9,11-15,20-23,32H,6,10,16-18H2,1-4H3/b14-9-/t20-,21+,22+,23?,28-,29+/m1/s1. The van der Waals surface area contributed by atoms with Crippen LogP contribution in [0.5, 0.6) is 0 Å². The highest BCUT2D eigenvalue weighted by atomic mass is 32.2. The molecule has 1 aromatic rings. The number of hydrogen-bond donors (Lipinski definition) is 1. The molecule has 0 aliphatic carbocycles. The number of aliphatic hydroxyl groups excluding tert-OH is 1. The number of cyclic esters (lactones) is 1. The maximum atomic E-state index is 14.5. The Kier molecular flexibility index (Phi) is 6.55. The lowest BCUT2D eigenvalue weighted by Crippen LogP contribution is -2.58. The summed E-state index contributed by atoms with van der Waals surface area (Å²) in [5.74, 6) is -2.38. The van der Waals surface area contributed by atoms with Crippen molar-refractivity contribution in [1.29, 1.82) is 0 Å². The first-order valence-corrected chi connectivity index (χ1v) is 13.9. The van der Waals surface area contributed by atoms with Crippen LogP contribution in [-0.2, 0) is 19.1 Å². The van der Waals surface area contributed by atoms with E-state index in [2.05, 4.69) is 6.08 Å². The first-order chi connectivity index (χ1) is 17.5. The topological polar surface area (TPSA) is 87.2 Å². The number of aliphatic hydroxyl groups is 1. The number of esters is 1. The monoisotopic (exact) mass is 524 g/mol. The van der Waals surface area contributed by atoms with E-state index in [9.17, 15) is 19.5 Å². The van der Waals surface area contributed by atoms with Crippen LogP contribution in [0.4, 0.5) is 0 Å². The van der Waals surface area contributed by atoms with Crippen LogP contribution in [0.1, 0.15) is 52.1 Å². The molecule has 4 heterocycles. The van der Waals surface area contributed by atoms with E-state index in [0.717, 1.165) is 18.4 Å². The Labute approximate surface area is 222 Å². The number of carbonyl (C=O) groups excluding carboxylic acids is 3. The molecular weight excluding hydrogens is 488 g/mol. The van der Waals surface area contributed by atoms with Gasteiger partial charge in [0.2, 0.25) is 11.8 Å². The SMILES string of the molecule is CC(C)(C)N1CC=C[C@]23S[C@]4(C)/C=C\CCCOC(=O)[C@@H]4[C@H]2C(=O)N([C@H](CO)c2ccccc2)C3C1=O. The molecule has 1 unspecified atom stereocenters. The van der Waals surface area contributed by atoms with Gasteiger partial charge in [-0.15, -0.1) is 11.8 Å². The summed E-state index contributed by atoms with van der Waals surface area (Å²) < 4.78 is 4.00. The van der Waals surface area contributed by atoms with E-state index in [4.69, 9.17) is 4.74 Å². The van der Waals surface area contributed by atoms with Crippen molar-refractivity contribution in [1.82, 2.24) is 9.80 Å². The van der Waals surface area contributed by atoms with Crippen molar-refractivity contribution >= 4 is 29.5 Å². The lowest BCUT2D eigenvalue weighted by molar-refractivity contribution is -0.154. The van der Waals surface area contributed by atoms with E-state index < -0.39 is 44.9 Å². The first-order valence-electron chi connectivity index (χ1n) is 13.1. The Morgan fingerprint density at radius 3 is 2.49 bits per heavy atom. The zero-order valence-electron chi connectivity index (χ0n) is 21.9. The van der Waals surface area contributed by atoms with Gasteiger partial charge in [-0.1, -0.05) is 54.6 Å². The molecule has 2 amide bonds. The fourth-order valence-corrected chi connectivity index (χ4v) is 8.68. The number of rotatable bonds is 3. The van der Waals surface area contributed by atoms with E-state index >= 15 is 0 Å². The molecule has 0 aromatic heterocycles. The van der Waals surface area contributed by atoms with E-state index in [1.807, 2.05) is 76.3 Å². The molecule has 1 N–H and O–H groups in total. The lowest BCUT2D eigenvalue weighted by atomic mass is 9.74. The fraction of sp³-hybridized carbons (Fsp3) is 0.552. The average molecular weight is 525 g/mol. The van der Waals surface area contributed by atoms with Gasteiger partial charge in [-0.05, 0) is 46.1 Å². The van der Waals surface area contributed by atoms with Crippen LogP contribution in [-0.4, -0.2) is 73.5 Å². The van der Waals surface area contributed by atoms with Gasteiger partial charge in [0.1, 0.15) is 6.04 Å². The molecule has 1 spiro atoms. The summed E-state index contributed by atoms with van der Waals surface area (Å²) in [6.07, 6.45) is 9.60. The molecule has 2 saturated heterocycles. The van der Waals surface area contributed by atoms with Crippen molar-refractivity contribution < 1.29 is 24.2 Å². The van der Waals surface area contributed by atoms with Gasteiger partial charge >= 0.3 is 5.97 Å². The average Bonchev–Trinajstić information content (AvgIpc) is 3.19. The molecule has 1 aromatic carbocycles. The van der Waals surface area contributed by atoms with Crippen LogP contribution in [0.15, 0.2) is 54.6 Å². The Bertz CT molecular complexity index is 1140. The van der Waals surface area contributed by atoms with Crippen molar-refractivity contribution in [2.45, 2.75) is 67.7 Å². The zero-order chi connectivity index (χ0) is 26.6. The highest BCUT2D eigenvalue weighted by Crippen LogP contribution is 2.66. The molecule has 0 radical (unpaired) electrons. The minimum atomic E-state index is -0.974. The third kappa shape index (κ3) is 4.04. The minimum absolute atomic E-state index is 0.164. The van der Waals surface area contributed by atoms with Crippen LogP contribution in [0.2, 0.25) is 0 Å². The van der Waals surface area contributed by atoms with Gasteiger partial charge in [0.05, 0.1) is 35.8 Å². The van der Waals surface area contributed by atoms with Crippen LogP contribution < -0.4 is 0 Å². The molecule has 0 bridgehead atoms. The molecule has 6 atom stereocenters. The van der Waals surface area contributed by atoms with Crippen LogP contribution >= 0.6 is 11.8 Å². The van der Waals surface area contributed by atoms with Crippen molar-refractivity contribution in [2.75, 3.05) is 19.8 Å². The molecule has 0 saturated carbocycles. The largest absolute Gasteiger partial charge is 0.465 e. The second-order valence-electron chi connectivity index (χ2n) is 11.6. The quantitative estimate of drug-likeness (QED) is 0.481. The molecule has 7 nitrogen and oxygen atoms in total. The third-order valence-corrected chi connectivity index (χ3v) is 9.99. The summed E-state index contributed by atoms with van der Waals surface area (Å²) in [6, 6.07) is 7.73. The molecular formula is C29H36N2O5S. The summed E-state index contributed by atoms with van der Waals surface area (Å²) >= 11 is 1.53. The molecule has 37 heavy (non-hydrogen) atoms. The minimum Gasteiger partial charge on any atom is -0.465 e. The predicted octanol–water partition coefficient (Wildman–Crippen LogP) is 3.50. The third-order valence-electron chi connectivity index (χ3n) is 8.19. The van der Waals surface area contributed by atoms with Gasteiger partial charge in [-0.2, -0.15) is 0 Å². The molecule has 8 heteroatoms. The number of allylic oxidation sites excluding steroid dienone is 1. The number of nitrogens with zero attached hydrogens (tertiary/aromatic N) is 2. The van der Waals surface area contributed by atoms with E-state index in [1.54, 1.807) is 9.80 Å². The number of fused-ring (bicyclic) bond motifs is 2. The van der Waals surface area contributed by atoms with Crippen LogP contribution in [0.3, 0.4) is 0 Å². The number of carbonyl (C=O) groups is 3. The summed E-state index contributed by atoms with van der Waals surface area (Å²) in [7, 11) is 0. The normalized spacial score (nSPS) is 35.5. The van der Waals surface area contributed by atoms with Crippen LogP contribution in [0.25, 0.3) is 0 Å². The fourth-order valence-electron chi connectivity index (χ4n) is 6.54. The molecule has 4 aliphatic rings. The number of benzene rings is 1. The lowest BCUT2D eigenvalue weighted by Gasteiger charge is -2.42. The van der Waals surface area contributed by atoms with Crippen LogP contribution in [0, 0.1) is 11.8 Å². The number of ether oxygens (including phenoxy) is 1. The van der Waals surface area contributed by atoms with Gasteiger partial charge in [-0.3, -0.25) is 14.4 Å². The Hall–Kier alpha value is -2.58. The highest BCUT2D eigenvalue weighted by Gasteiger charge is 2.74. The van der Waals surface area contributed by atoms with Crippen molar-refractivity contribution in [3.05, 3.63) is 60.2 Å².